The number of carbonyl (C=O) groups excluding carboxylic acids is 1. The molecule has 1 amide bonds. The highest BCUT2D eigenvalue weighted by Crippen LogP contribution is 2.21. The van der Waals surface area contributed by atoms with Crippen molar-refractivity contribution in [2.24, 2.45) is 5.73 Å². The van der Waals surface area contributed by atoms with E-state index in [0.29, 0.717) is 33.3 Å². The second-order valence-electron chi connectivity index (χ2n) is 4.05. The topological polar surface area (TPSA) is 80.9 Å². The first kappa shape index (κ1) is 15.4. The molecule has 0 saturated carbocycles. The van der Waals surface area contributed by atoms with Crippen molar-refractivity contribution in [3.8, 4) is 11.8 Å². The maximum absolute atomic E-state index is 12.3. The number of anilines is 1. The molecule has 0 aliphatic carbocycles. The number of nitrogens with zero attached hydrogens (tertiary/aromatic N) is 2. The van der Waals surface area contributed by atoms with E-state index in [4.69, 9.17) is 17.3 Å². The fraction of sp³-hybridized carbons (Fsp3) is 0.214. The Morgan fingerprint density at radius 3 is 3.05 bits per heavy atom. The van der Waals surface area contributed by atoms with Crippen LogP contribution < -0.4 is 11.1 Å². The molecule has 2 rings (SSSR count). The van der Waals surface area contributed by atoms with E-state index in [1.165, 1.54) is 0 Å². The van der Waals surface area contributed by atoms with Gasteiger partial charge in [-0.3, -0.25) is 4.79 Å². The third-order valence-electron chi connectivity index (χ3n) is 2.65. The maximum atomic E-state index is 12.3. The largest absolute Gasteiger partial charge is 0.320 e. The molecule has 1 heterocycles. The molecule has 0 atom stereocenters. The summed E-state index contributed by atoms with van der Waals surface area (Å²) in [5.74, 6) is 5.39. The number of nitrogens with two attached hydrogens (primary N) is 1. The van der Waals surface area contributed by atoms with Crippen LogP contribution in [0.4, 0.5) is 5.69 Å². The third kappa shape index (κ3) is 3.79. The van der Waals surface area contributed by atoms with Gasteiger partial charge in [0.1, 0.15) is 4.88 Å². The molecule has 2 aromatic rings. The van der Waals surface area contributed by atoms with Crippen LogP contribution in [0.3, 0.4) is 0 Å². The van der Waals surface area contributed by atoms with Gasteiger partial charge in [0.05, 0.1) is 17.9 Å². The number of halogens is 1. The second kappa shape index (κ2) is 7.18. The van der Waals surface area contributed by atoms with Crippen LogP contribution in [0.25, 0.3) is 0 Å². The van der Waals surface area contributed by atoms with E-state index in [9.17, 15) is 4.79 Å². The van der Waals surface area contributed by atoms with Crippen LogP contribution in [0.5, 0.6) is 0 Å². The van der Waals surface area contributed by atoms with Gasteiger partial charge in [0.25, 0.3) is 5.91 Å². The number of rotatable bonds is 3. The summed E-state index contributed by atoms with van der Waals surface area (Å²) in [6, 6.07) is 5.09. The first-order valence-electron chi connectivity index (χ1n) is 6.26. The Kier molecular flexibility index (Phi) is 5.28. The Morgan fingerprint density at radius 1 is 1.52 bits per heavy atom. The van der Waals surface area contributed by atoms with Crippen molar-refractivity contribution in [2.45, 2.75) is 13.3 Å². The molecule has 0 spiro atoms. The predicted molar refractivity (Wildman–Crippen MR) is 84.6 cm³/mol. The zero-order valence-corrected chi connectivity index (χ0v) is 12.9. The molecular formula is C14H13ClN4OS. The van der Waals surface area contributed by atoms with Gasteiger partial charge in [-0.15, -0.1) is 5.10 Å². The third-order valence-corrected chi connectivity index (χ3v) is 3.65. The predicted octanol–water partition coefficient (Wildman–Crippen LogP) is 2.32. The molecule has 0 radical (unpaired) electrons. The lowest BCUT2D eigenvalue weighted by atomic mass is 10.1. The molecule has 0 aliphatic heterocycles. The molecule has 7 heteroatoms. The van der Waals surface area contributed by atoms with Crippen LogP contribution in [-0.4, -0.2) is 22.0 Å². The molecule has 0 aliphatic rings. The van der Waals surface area contributed by atoms with Crippen molar-refractivity contribution >= 4 is 34.7 Å². The van der Waals surface area contributed by atoms with E-state index in [0.717, 1.165) is 11.5 Å². The van der Waals surface area contributed by atoms with E-state index < -0.39 is 0 Å². The first-order chi connectivity index (χ1) is 10.2. The number of hydrogen-bond acceptors (Lipinski definition) is 5. The first-order valence-corrected chi connectivity index (χ1v) is 7.42. The minimum absolute atomic E-state index is 0.235. The van der Waals surface area contributed by atoms with Crippen molar-refractivity contribution in [3.63, 3.8) is 0 Å². The number of hydrogen-bond donors (Lipinski definition) is 2. The zero-order valence-electron chi connectivity index (χ0n) is 11.3. The number of aromatic nitrogens is 2. The number of nitrogens with one attached hydrogen (secondary N) is 1. The minimum atomic E-state index is -0.250. The second-order valence-corrected chi connectivity index (χ2v) is 5.24. The molecule has 108 valence electrons. The number of carbonyl (C=O) groups is 1. The highest BCUT2D eigenvalue weighted by Gasteiger charge is 2.16. The van der Waals surface area contributed by atoms with E-state index in [1.807, 2.05) is 6.92 Å². The SMILES string of the molecule is CCc1nnsc1C(=O)Nc1ccc(Cl)cc1C#CCN. The van der Waals surface area contributed by atoms with Gasteiger partial charge in [-0.05, 0) is 36.2 Å². The molecular weight excluding hydrogens is 308 g/mol. The van der Waals surface area contributed by atoms with E-state index in [2.05, 4.69) is 26.7 Å². The van der Waals surface area contributed by atoms with Crippen molar-refractivity contribution in [1.82, 2.24) is 9.59 Å². The molecule has 0 saturated heterocycles. The van der Waals surface area contributed by atoms with Crippen LogP contribution in [-0.2, 0) is 6.42 Å². The van der Waals surface area contributed by atoms with Crippen LogP contribution in [0.2, 0.25) is 5.02 Å². The van der Waals surface area contributed by atoms with Crippen LogP contribution >= 0.6 is 23.1 Å². The van der Waals surface area contributed by atoms with Gasteiger partial charge in [0, 0.05) is 10.6 Å². The minimum Gasteiger partial charge on any atom is -0.320 e. The lowest BCUT2D eigenvalue weighted by Crippen LogP contribution is -2.13. The van der Waals surface area contributed by atoms with Gasteiger partial charge in [-0.25, -0.2) is 0 Å². The monoisotopic (exact) mass is 320 g/mol. The molecule has 3 N–H and O–H groups in total. The fourth-order valence-corrected chi connectivity index (χ4v) is 2.48. The van der Waals surface area contributed by atoms with Gasteiger partial charge in [0.2, 0.25) is 0 Å². The molecule has 1 aromatic carbocycles. The van der Waals surface area contributed by atoms with Gasteiger partial charge in [0.15, 0.2) is 0 Å². The van der Waals surface area contributed by atoms with E-state index in [1.54, 1.807) is 18.2 Å². The van der Waals surface area contributed by atoms with Crippen molar-refractivity contribution in [3.05, 3.63) is 39.4 Å². The van der Waals surface area contributed by atoms with Crippen molar-refractivity contribution < 1.29 is 4.79 Å². The summed E-state index contributed by atoms with van der Waals surface area (Å²) in [6.07, 6.45) is 0.652. The molecule has 0 unspecified atom stereocenters. The number of aryl methyl sites for hydroxylation is 1. The van der Waals surface area contributed by atoms with Crippen LogP contribution in [0.1, 0.15) is 27.9 Å². The molecule has 5 nitrogen and oxygen atoms in total. The van der Waals surface area contributed by atoms with Crippen LogP contribution in [0.15, 0.2) is 18.2 Å². The van der Waals surface area contributed by atoms with Gasteiger partial charge in [-0.2, -0.15) is 0 Å². The maximum Gasteiger partial charge on any atom is 0.269 e. The highest BCUT2D eigenvalue weighted by atomic mass is 35.5. The summed E-state index contributed by atoms with van der Waals surface area (Å²) in [5.41, 5.74) is 7.26. The summed E-state index contributed by atoms with van der Waals surface area (Å²) >= 11 is 7.02. The molecule has 0 fully saturated rings. The lowest BCUT2D eigenvalue weighted by Gasteiger charge is -2.07. The van der Waals surface area contributed by atoms with Gasteiger partial charge < -0.3 is 11.1 Å². The standard InChI is InChI=1S/C14H13ClN4OS/c1-2-11-13(21-19-18-11)14(20)17-12-6-5-10(15)8-9(12)4-3-7-16/h5-6,8H,2,7,16H2,1H3,(H,17,20). The smallest absolute Gasteiger partial charge is 0.269 e. The molecule has 1 aromatic heterocycles. The van der Waals surface area contributed by atoms with E-state index in [-0.39, 0.29) is 12.5 Å². The van der Waals surface area contributed by atoms with Gasteiger partial charge in [-0.1, -0.05) is 34.9 Å². The van der Waals surface area contributed by atoms with Crippen LogP contribution in [0, 0.1) is 11.8 Å². The average Bonchev–Trinajstić information content (AvgIpc) is 2.96. The normalized spacial score (nSPS) is 9.86. The number of amides is 1. The van der Waals surface area contributed by atoms with Crippen molar-refractivity contribution in [1.29, 1.82) is 0 Å². The molecule has 21 heavy (non-hydrogen) atoms. The Balaban J connectivity index is 2.29. The highest BCUT2D eigenvalue weighted by molar-refractivity contribution is 7.08. The van der Waals surface area contributed by atoms with E-state index >= 15 is 0 Å². The summed E-state index contributed by atoms with van der Waals surface area (Å²) in [7, 11) is 0. The average molecular weight is 321 g/mol. The molecule has 0 bridgehead atoms. The summed E-state index contributed by atoms with van der Waals surface area (Å²) in [4.78, 5) is 12.8. The Morgan fingerprint density at radius 2 is 2.33 bits per heavy atom. The van der Waals surface area contributed by atoms with Gasteiger partial charge >= 0.3 is 0 Å². The Bertz CT molecular complexity index is 717. The lowest BCUT2D eigenvalue weighted by molar-refractivity contribution is 0.102. The summed E-state index contributed by atoms with van der Waals surface area (Å²) in [6.45, 7) is 2.16. The number of benzene rings is 1. The quantitative estimate of drug-likeness (QED) is 0.850. The van der Waals surface area contributed by atoms with Crippen molar-refractivity contribution in [2.75, 3.05) is 11.9 Å². The zero-order chi connectivity index (χ0) is 15.2. The summed E-state index contributed by atoms with van der Waals surface area (Å²) in [5, 5.41) is 7.28. The Labute approximate surface area is 131 Å². The summed E-state index contributed by atoms with van der Waals surface area (Å²) < 4.78 is 3.81. The fourth-order valence-electron chi connectivity index (χ4n) is 1.67. The Hall–Kier alpha value is -1.94.